The fraction of sp³-hybridized carbons (Fsp3) is 0.143. The Balaban J connectivity index is 2.62. The molecule has 0 saturated heterocycles. The fourth-order valence-corrected chi connectivity index (χ4v) is 2.23. The Labute approximate surface area is 148 Å². The second-order valence-corrected chi connectivity index (χ2v) is 7.36. The number of hydrogen-bond donors (Lipinski definition) is 0. The first kappa shape index (κ1) is 17.3. The van der Waals surface area contributed by atoms with Crippen LogP contribution in [0.4, 0.5) is 0 Å². The van der Waals surface area contributed by atoms with Crippen LogP contribution in [0.3, 0.4) is 0 Å². The van der Waals surface area contributed by atoms with Gasteiger partial charge < -0.3 is 9.15 Å². The van der Waals surface area contributed by atoms with E-state index in [0.29, 0.717) is 17.4 Å². The number of benzene rings is 1. The number of ether oxygens (including phenoxy) is 1. The summed E-state index contributed by atoms with van der Waals surface area (Å²) in [4.78, 5) is 23.4. The molecule has 0 unspecified atom stereocenters. The molecule has 1 heterocycles. The van der Waals surface area contributed by atoms with Gasteiger partial charge in [0.15, 0.2) is 0 Å². The molecule has 116 valence electrons. The van der Waals surface area contributed by atoms with Gasteiger partial charge in [-0.3, -0.25) is 0 Å². The first-order valence-electron chi connectivity index (χ1n) is 5.89. The summed E-state index contributed by atoms with van der Waals surface area (Å²) in [7, 11) is 0. The lowest BCUT2D eigenvalue weighted by atomic mass is 10.1. The van der Waals surface area contributed by atoms with Gasteiger partial charge in [-0.1, -0.05) is 40.9 Å². The van der Waals surface area contributed by atoms with Crippen molar-refractivity contribution < 1.29 is 13.9 Å². The zero-order chi connectivity index (χ0) is 16.5. The van der Waals surface area contributed by atoms with Crippen LogP contribution in [0.15, 0.2) is 44.5 Å². The molecule has 0 aliphatic rings. The third-order valence-electron chi connectivity index (χ3n) is 2.70. The van der Waals surface area contributed by atoms with E-state index in [-0.39, 0.29) is 15.8 Å². The highest BCUT2D eigenvalue weighted by Crippen LogP contribution is 2.33. The SMILES string of the molecule is C=CCc1c(OC(=O)C(Cl)(Cl)Cl)ccc2cc(Br)c(=O)oc12. The highest BCUT2D eigenvalue weighted by Gasteiger charge is 2.33. The molecular weight excluding hydrogens is 418 g/mol. The number of halogens is 4. The van der Waals surface area contributed by atoms with Crippen molar-refractivity contribution in [3.05, 3.63) is 51.3 Å². The Kier molecular flexibility index (Phi) is 5.22. The second kappa shape index (κ2) is 6.62. The molecule has 0 N–H and O–H groups in total. The van der Waals surface area contributed by atoms with Crippen molar-refractivity contribution in [3.8, 4) is 5.75 Å². The van der Waals surface area contributed by atoms with E-state index in [1.54, 1.807) is 18.2 Å². The lowest BCUT2D eigenvalue weighted by molar-refractivity contribution is -0.133. The first-order chi connectivity index (χ1) is 10.2. The van der Waals surface area contributed by atoms with Crippen LogP contribution < -0.4 is 10.4 Å². The lowest BCUT2D eigenvalue weighted by Crippen LogP contribution is -2.25. The van der Waals surface area contributed by atoms with Crippen LogP contribution in [-0.4, -0.2) is 9.76 Å². The zero-order valence-corrected chi connectivity index (χ0v) is 14.7. The molecule has 1 aromatic heterocycles. The molecule has 0 spiro atoms. The van der Waals surface area contributed by atoms with E-state index in [1.807, 2.05) is 0 Å². The summed E-state index contributed by atoms with van der Waals surface area (Å²) >= 11 is 19.6. The molecule has 0 aliphatic carbocycles. The molecule has 1 aromatic carbocycles. The Bertz CT molecular complexity index is 808. The average molecular weight is 426 g/mol. The van der Waals surface area contributed by atoms with Gasteiger partial charge in [0, 0.05) is 10.9 Å². The predicted molar refractivity (Wildman–Crippen MR) is 90.0 cm³/mol. The minimum atomic E-state index is -2.21. The number of fused-ring (bicyclic) bond motifs is 1. The predicted octanol–water partition coefficient (Wildman–Crippen LogP) is 4.56. The molecular formula is C14H8BrCl3O4. The molecule has 0 radical (unpaired) electrons. The quantitative estimate of drug-likeness (QED) is 0.237. The molecule has 0 saturated carbocycles. The summed E-state index contributed by atoms with van der Waals surface area (Å²) in [6.45, 7) is 3.62. The largest absolute Gasteiger partial charge is 0.423 e. The van der Waals surface area contributed by atoms with Gasteiger partial charge in [-0.2, -0.15) is 0 Å². The summed E-state index contributed by atoms with van der Waals surface area (Å²) < 4.78 is 8.41. The molecule has 2 rings (SSSR count). The molecule has 0 fully saturated rings. The van der Waals surface area contributed by atoms with E-state index in [2.05, 4.69) is 22.5 Å². The van der Waals surface area contributed by atoms with Crippen molar-refractivity contribution in [1.29, 1.82) is 0 Å². The number of hydrogen-bond acceptors (Lipinski definition) is 4. The maximum Gasteiger partial charge on any atom is 0.363 e. The van der Waals surface area contributed by atoms with Crippen LogP contribution in [0.2, 0.25) is 0 Å². The van der Waals surface area contributed by atoms with Gasteiger partial charge in [0.25, 0.3) is 3.79 Å². The van der Waals surface area contributed by atoms with Crippen LogP contribution in [0.1, 0.15) is 5.56 Å². The Morgan fingerprint density at radius 1 is 1.41 bits per heavy atom. The molecule has 0 amide bonds. The Morgan fingerprint density at radius 3 is 2.68 bits per heavy atom. The third kappa shape index (κ3) is 3.66. The van der Waals surface area contributed by atoms with Crippen molar-refractivity contribution in [3.63, 3.8) is 0 Å². The van der Waals surface area contributed by atoms with Gasteiger partial charge in [-0.25, -0.2) is 9.59 Å². The third-order valence-corrected chi connectivity index (χ3v) is 3.72. The molecule has 0 bridgehead atoms. The summed E-state index contributed by atoms with van der Waals surface area (Å²) in [6, 6.07) is 4.76. The smallest absolute Gasteiger partial charge is 0.363 e. The summed E-state index contributed by atoms with van der Waals surface area (Å²) in [6.07, 6.45) is 1.87. The fourth-order valence-electron chi connectivity index (χ4n) is 1.79. The first-order valence-corrected chi connectivity index (χ1v) is 7.82. The molecule has 0 atom stereocenters. The zero-order valence-electron chi connectivity index (χ0n) is 10.9. The Morgan fingerprint density at radius 2 is 2.09 bits per heavy atom. The highest BCUT2D eigenvalue weighted by atomic mass is 79.9. The number of carbonyl (C=O) groups excluding carboxylic acids is 1. The van der Waals surface area contributed by atoms with Crippen molar-refractivity contribution in [1.82, 2.24) is 0 Å². The lowest BCUT2D eigenvalue weighted by Gasteiger charge is -2.14. The Hall–Kier alpha value is -1.01. The molecule has 8 heteroatoms. The van der Waals surface area contributed by atoms with Crippen LogP contribution in [0.25, 0.3) is 11.0 Å². The normalized spacial score (nSPS) is 11.5. The maximum atomic E-state index is 11.7. The number of esters is 1. The second-order valence-electron chi connectivity index (χ2n) is 4.22. The van der Waals surface area contributed by atoms with Crippen LogP contribution >= 0.6 is 50.7 Å². The minimum Gasteiger partial charge on any atom is -0.423 e. The van der Waals surface area contributed by atoms with Gasteiger partial charge in [0.1, 0.15) is 15.8 Å². The molecule has 2 aromatic rings. The number of alkyl halides is 3. The summed E-state index contributed by atoms with van der Waals surface area (Å²) in [5.74, 6) is -0.921. The van der Waals surface area contributed by atoms with Crippen LogP contribution in [0, 0.1) is 0 Å². The standard InChI is InChI=1S/C14H8BrCl3O4/c1-2-3-8-10(21-13(20)14(16,17)18)5-4-7-6-9(15)12(19)22-11(7)8/h2,4-6H,1,3H2. The summed E-state index contributed by atoms with van der Waals surface area (Å²) in [5.41, 5.74) is 0.185. The maximum absolute atomic E-state index is 11.7. The van der Waals surface area contributed by atoms with Crippen LogP contribution in [-0.2, 0) is 11.2 Å². The monoisotopic (exact) mass is 424 g/mol. The van der Waals surface area contributed by atoms with Crippen molar-refractivity contribution >= 4 is 67.7 Å². The number of allylic oxidation sites excluding steroid dienone is 1. The minimum absolute atomic E-state index is 0.134. The summed E-state index contributed by atoms with van der Waals surface area (Å²) in [5, 5.41) is 0.650. The van der Waals surface area contributed by atoms with Gasteiger partial charge in [-0.15, -0.1) is 6.58 Å². The topological polar surface area (TPSA) is 56.5 Å². The van der Waals surface area contributed by atoms with Gasteiger partial charge in [0.2, 0.25) is 0 Å². The van der Waals surface area contributed by atoms with Crippen molar-refractivity contribution in [2.24, 2.45) is 0 Å². The van der Waals surface area contributed by atoms with E-state index in [1.165, 1.54) is 6.07 Å². The van der Waals surface area contributed by atoms with Gasteiger partial charge >= 0.3 is 11.6 Å². The van der Waals surface area contributed by atoms with Gasteiger partial charge in [-0.05, 0) is 40.5 Å². The number of rotatable bonds is 3. The van der Waals surface area contributed by atoms with E-state index in [4.69, 9.17) is 44.0 Å². The van der Waals surface area contributed by atoms with Crippen LogP contribution in [0.5, 0.6) is 5.75 Å². The molecule has 0 aliphatic heterocycles. The van der Waals surface area contributed by atoms with E-state index >= 15 is 0 Å². The van der Waals surface area contributed by atoms with E-state index in [0.717, 1.165) is 0 Å². The molecule has 4 nitrogen and oxygen atoms in total. The van der Waals surface area contributed by atoms with Crippen molar-refractivity contribution in [2.75, 3.05) is 0 Å². The molecule has 22 heavy (non-hydrogen) atoms. The number of carbonyl (C=O) groups is 1. The van der Waals surface area contributed by atoms with Gasteiger partial charge in [0.05, 0.1) is 0 Å². The van der Waals surface area contributed by atoms with Crippen molar-refractivity contribution in [2.45, 2.75) is 10.2 Å². The van der Waals surface area contributed by atoms with E-state index < -0.39 is 15.4 Å². The average Bonchev–Trinajstić information content (AvgIpc) is 2.42. The highest BCUT2D eigenvalue weighted by molar-refractivity contribution is 9.10. The van der Waals surface area contributed by atoms with E-state index in [9.17, 15) is 9.59 Å².